The Balaban J connectivity index is 3.61. The first kappa shape index (κ1) is 12.4. The molecular weight excluding hydrogens is 172 g/mol. The fourth-order valence-electron chi connectivity index (χ4n) is 0.779. The van der Waals surface area contributed by atoms with E-state index >= 15 is 0 Å². The smallest absolute Gasteiger partial charge is 0.305 e. The molecule has 0 aliphatic heterocycles. The van der Waals surface area contributed by atoms with Gasteiger partial charge in [0.2, 0.25) is 0 Å². The first-order chi connectivity index (χ1) is 6.24. The Bertz CT molecular complexity index is 130. The highest BCUT2D eigenvalue weighted by Gasteiger charge is 2.10. The molecule has 0 N–H and O–H groups in total. The Kier molecular flexibility index (Phi) is 7.63. The van der Waals surface area contributed by atoms with Crippen LogP contribution in [0.15, 0.2) is 0 Å². The highest BCUT2D eigenvalue weighted by molar-refractivity contribution is 5.68. The number of rotatable bonds is 7. The van der Waals surface area contributed by atoms with Crippen LogP contribution in [-0.4, -0.2) is 32.1 Å². The quantitative estimate of drug-likeness (QED) is 0.449. The lowest BCUT2D eigenvalue weighted by molar-refractivity contribution is -0.179. The molecule has 0 spiro atoms. The Morgan fingerprint density at radius 3 is 2.08 bits per heavy atom. The molecule has 0 saturated heterocycles. The van der Waals surface area contributed by atoms with Crippen LogP contribution >= 0.6 is 0 Å². The van der Waals surface area contributed by atoms with Crippen molar-refractivity contribution < 1.29 is 19.0 Å². The summed E-state index contributed by atoms with van der Waals surface area (Å²) in [4.78, 5) is 10.8. The van der Waals surface area contributed by atoms with Crippen molar-refractivity contribution in [3.8, 4) is 0 Å². The van der Waals surface area contributed by atoms with E-state index in [-0.39, 0.29) is 12.6 Å². The molecule has 13 heavy (non-hydrogen) atoms. The molecule has 0 aromatic heterocycles. The summed E-state index contributed by atoms with van der Waals surface area (Å²) in [5.41, 5.74) is 0. The van der Waals surface area contributed by atoms with Gasteiger partial charge < -0.3 is 14.2 Å². The monoisotopic (exact) mass is 190 g/mol. The average Bonchev–Trinajstić information content (AvgIpc) is 2.14. The lowest BCUT2D eigenvalue weighted by Gasteiger charge is -2.16. The standard InChI is InChI=1S/C9H18O4/c1-4-8(10)13-7-9(11-5-2)12-6-3/h9H,4-7H2,1-3H3. The Hall–Kier alpha value is -0.610. The lowest BCUT2D eigenvalue weighted by atomic mass is 10.5. The van der Waals surface area contributed by atoms with Gasteiger partial charge in [-0.1, -0.05) is 6.92 Å². The van der Waals surface area contributed by atoms with Gasteiger partial charge in [-0.3, -0.25) is 4.79 Å². The summed E-state index contributed by atoms with van der Waals surface area (Å²) in [6.45, 7) is 6.76. The minimum absolute atomic E-state index is 0.175. The SMILES string of the molecule is CCOC(COC(=O)CC)OCC. The maximum atomic E-state index is 10.8. The number of hydrogen-bond acceptors (Lipinski definition) is 4. The molecule has 0 aromatic carbocycles. The topological polar surface area (TPSA) is 44.8 Å². The van der Waals surface area contributed by atoms with E-state index in [1.165, 1.54) is 0 Å². The van der Waals surface area contributed by atoms with Crippen molar-refractivity contribution in [2.24, 2.45) is 0 Å². The van der Waals surface area contributed by atoms with Gasteiger partial charge in [-0.15, -0.1) is 0 Å². The van der Waals surface area contributed by atoms with Crippen molar-refractivity contribution in [3.05, 3.63) is 0 Å². The van der Waals surface area contributed by atoms with Gasteiger partial charge in [0.15, 0.2) is 6.29 Å². The van der Waals surface area contributed by atoms with Crippen molar-refractivity contribution in [1.29, 1.82) is 0 Å². The first-order valence-corrected chi connectivity index (χ1v) is 4.63. The number of ether oxygens (including phenoxy) is 3. The summed E-state index contributed by atoms with van der Waals surface area (Å²) in [6, 6.07) is 0. The van der Waals surface area contributed by atoms with Crippen LogP contribution in [-0.2, 0) is 19.0 Å². The largest absolute Gasteiger partial charge is 0.460 e. The molecule has 0 amide bonds. The van der Waals surface area contributed by atoms with Gasteiger partial charge in [-0.05, 0) is 13.8 Å². The first-order valence-electron chi connectivity index (χ1n) is 4.63. The molecule has 4 heteroatoms. The highest BCUT2D eigenvalue weighted by Crippen LogP contribution is 1.97. The summed E-state index contributed by atoms with van der Waals surface area (Å²) in [7, 11) is 0. The van der Waals surface area contributed by atoms with Crippen LogP contribution < -0.4 is 0 Å². The van der Waals surface area contributed by atoms with Crippen LogP contribution in [0, 0.1) is 0 Å². The second-order valence-electron chi connectivity index (χ2n) is 2.38. The van der Waals surface area contributed by atoms with E-state index in [1.54, 1.807) is 6.92 Å². The Labute approximate surface area is 79.2 Å². The summed E-state index contributed by atoms with van der Waals surface area (Å²) in [5, 5.41) is 0. The van der Waals surface area contributed by atoms with E-state index < -0.39 is 6.29 Å². The summed E-state index contributed by atoms with van der Waals surface area (Å²) in [5.74, 6) is -0.232. The van der Waals surface area contributed by atoms with Crippen LogP contribution in [0.4, 0.5) is 0 Å². The van der Waals surface area contributed by atoms with Gasteiger partial charge in [0, 0.05) is 19.6 Å². The molecule has 0 atom stereocenters. The lowest BCUT2D eigenvalue weighted by Crippen LogP contribution is -2.25. The van der Waals surface area contributed by atoms with Crippen LogP contribution in [0.2, 0.25) is 0 Å². The minimum Gasteiger partial charge on any atom is -0.460 e. The molecule has 0 aliphatic carbocycles. The Morgan fingerprint density at radius 2 is 1.69 bits per heavy atom. The van der Waals surface area contributed by atoms with Crippen LogP contribution in [0.1, 0.15) is 27.2 Å². The molecule has 0 aromatic rings. The molecule has 0 rings (SSSR count). The van der Waals surface area contributed by atoms with Crippen molar-refractivity contribution in [1.82, 2.24) is 0 Å². The van der Waals surface area contributed by atoms with Crippen molar-refractivity contribution in [2.45, 2.75) is 33.5 Å². The fourth-order valence-corrected chi connectivity index (χ4v) is 0.779. The predicted octanol–water partition coefficient (Wildman–Crippen LogP) is 1.34. The third-order valence-corrected chi connectivity index (χ3v) is 1.37. The third kappa shape index (κ3) is 6.54. The molecule has 0 radical (unpaired) electrons. The number of carbonyl (C=O) groups is 1. The maximum Gasteiger partial charge on any atom is 0.305 e. The van der Waals surface area contributed by atoms with Crippen molar-refractivity contribution >= 4 is 5.97 Å². The molecule has 0 bridgehead atoms. The van der Waals surface area contributed by atoms with Crippen LogP contribution in [0.5, 0.6) is 0 Å². The molecule has 0 unspecified atom stereocenters. The van der Waals surface area contributed by atoms with E-state index in [9.17, 15) is 4.79 Å². The van der Waals surface area contributed by atoms with Gasteiger partial charge >= 0.3 is 5.97 Å². The van der Waals surface area contributed by atoms with Gasteiger partial charge in [0.1, 0.15) is 6.61 Å². The molecule has 0 fully saturated rings. The number of carbonyl (C=O) groups excluding carboxylic acids is 1. The molecule has 0 heterocycles. The van der Waals surface area contributed by atoms with Gasteiger partial charge in [0.05, 0.1) is 0 Å². The molecule has 0 aliphatic rings. The van der Waals surface area contributed by atoms with E-state index in [4.69, 9.17) is 14.2 Å². The molecule has 4 nitrogen and oxygen atoms in total. The van der Waals surface area contributed by atoms with E-state index in [2.05, 4.69) is 0 Å². The maximum absolute atomic E-state index is 10.8. The van der Waals surface area contributed by atoms with Gasteiger partial charge in [-0.2, -0.15) is 0 Å². The molecular formula is C9H18O4. The zero-order valence-electron chi connectivity index (χ0n) is 8.54. The second-order valence-corrected chi connectivity index (χ2v) is 2.38. The van der Waals surface area contributed by atoms with Crippen LogP contribution in [0.3, 0.4) is 0 Å². The summed E-state index contributed by atoms with van der Waals surface area (Å²) >= 11 is 0. The number of esters is 1. The van der Waals surface area contributed by atoms with Crippen molar-refractivity contribution in [3.63, 3.8) is 0 Å². The molecule has 0 saturated carbocycles. The highest BCUT2D eigenvalue weighted by atomic mass is 16.7. The van der Waals surface area contributed by atoms with Gasteiger partial charge in [0.25, 0.3) is 0 Å². The molecule has 78 valence electrons. The van der Waals surface area contributed by atoms with E-state index in [0.29, 0.717) is 19.6 Å². The van der Waals surface area contributed by atoms with E-state index in [0.717, 1.165) is 0 Å². The third-order valence-electron chi connectivity index (χ3n) is 1.37. The summed E-state index contributed by atoms with van der Waals surface area (Å²) < 4.78 is 15.2. The fraction of sp³-hybridized carbons (Fsp3) is 0.889. The normalized spacial score (nSPS) is 10.5. The zero-order valence-corrected chi connectivity index (χ0v) is 8.54. The Morgan fingerprint density at radius 1 is 1.15 bits per heavy atom. The second kappa shape index (κ2) is 8.01. The average molecular weight is 190 g/mol. The predicted molar refractivity (Wildman–Crippen MR) is 48.3 cm³/mol. The van der Waals surface area contributed by atoms with E-state index in [1.807, 2.05) is 13.8 Å². The van der Waals surface area contributed by atoms with Crippen molar-refractivity contribution in [2.75, 3.05) is 19.8 Å². The summed E-state index contributed by atoms with van der Waals surface area (Å²) in [6.07, 6.45) is -0.0455. The van der Waals surface area contributed by atoms with Crippen LogP contribution in [0.25, 0.3) is 0 Å². The zero-order chi connectivity index (χ0) is 10.1. The number of hydrogen-bond donors (Lipinski definition) is 0. The van der Waals surface area contributed by atoms with Gasteiger partial charge in [-0.25, -0.2) is 0 Å². The minimum atomic E-state index is -0.425.